The van der Waals surface area contributed by atoms with Crippen LogP contribution in [-0.4, -0.2) is 38.1 Å². The Labute approximate surface area is 212 Å². The van der Waals surface area contributed by atoms with Crippen molar-refractivity contribution >= 4 is 23.0 Å². The van der Waals surface area contributed by atoms with Gasteiger partial charge in [-0.1, -0.05) is 111 Å². The number of ether oxygens (including phenoxy) is 1. The number of esters is 1. The summed E-state index contributed by atoms with van der Waals surface area (Å²) in [5.41, 5.74) is 0. The molecule has 2 atom stereocenters. The van der Waals surface area contributed by atoms with Crippen molar-refractivity contribution in [3.8, 4) is 0 Å². The average Bonchev–Trinajstić information content (AvgIpc) is 2.74. The van der Waals surface area contributed by atoms with Crippen LogP contribution in [0.25, 0.3) is 0 Å². The van der Waals surface area contributed by atoms with Crippen molar-refractivity contribution in [2.75, 3.05) is 27.2 Å². The van der Waals surface area contributed by atoms with Crippen molar-refractivity contribution < 1.29 is 9.53 Å². The summed E-state index contributed by atoms with van der Waals surface area (Å²) in [7, 11) is 4.30. The minimum absolute atomic E-state index is 0. The molecule has 0 aromatic carbocycles. The van der Waals surface area contributed by atoms with Crippen molar-refractivity contribution in [2.45, 2.75) is 136 Å². The van der Waals surface area contributed by atoms with Gasteiger partial charge in [0, 0.05) is 6.54 Å². The van der Waals surface area contributed by atoms with Gasteiger partial charge in [-0.3, -0.25) is 4.79 Å². The molecule has 0 saturated carbocycles. The molecular formula is C28H58BrNO2. The predicted molar refractivity (Wildman–Crippen MR) is 147 cm³/mol. The molecule has 0 N–H and O–H groups in total. The van der Waals surface area contributed by atoms with Gasteiger partial charge >= 0.3 is 5.97 Å². The predicted octanol–water partition coefficient (Wildman–Crippen LogP) is 8.98. The number of hydrogen-bond donors (Lipinski definition) is 0. The highest BCUT2D eigenvalue weighted by Crippen LogP contribution is 2.19. The van der Waals surface area contributed by atoms with Crippen molar-refractivity contribution in [1.29, 1.82) is 0 Å². The molecule has 0 heterocycles. The SMILES string of the molecule is Br.CCCCCCCCCCCCCCC(CCOC(=O)C(CC)CCCC)CN(C)C. The maximum absolute atomic E-state index is 12.3. The number of carbonyl (C=O) groups excluding carboxylic acids is 1. The molecule has 0 aliphatic heterocycles. The molecule has 194 valence electrons. The van der Waals surface area contributed by atoms with E-state index in [0.717, 1.165) is 38.6 Å². The molecule has 0 bridgehead atoms. The Bertz CT molecular complexity index is 390. The third kappa shape index (κ3) is 21.7. The molecule has 2 unspecified atom stereocenters. The Hall–Kier alpha value is -0.0900. The van der Waals surface area contributed by atoms with E-state index in [1.165, 1.54) is 83.5 Å². The number of nitrogens with zero attached hydrogens (tertiary/aromatic N) is 1. The van der Waals surface area contributed by atoms with E-state index in [1.807, 2.05) is 0 Å². The summed E-state index contributed by atoms with van der Waals surface area (Å²) in [4.78, 5) is 14.6. The summed E-state index contributed by atoms with van der Waals surface area (Å²) in [5, 5.41) is 0. The molecule has 0 aliphatic carbocycles. The molecule has 4 heteroatoms. The Morgan fingerprint density at radius 2 is 1.19 bits per heavy atom. The third-order valence-electron chi connectivity index (χ3n) is 6.59. The van der Waals surface area contributed by atoms with Gasteiger partial charge in [-0.25, -0.2) is 0 Å². The Morgan fingerprint density at radius 3 is 1.66 bits per heavy atom. The monoisotopic (exact) mass is 519 g/mol. The molecule has 32 heavy (non-hydrogen) atoms. The van der Waals surface area contributed by atoms with E-state index in [1.54, 1.807) is 0 Å². The summed E-state index contributed by atoms with van der Waals surface area (Å²) in [6.07, 6.45) is 23.2. The van der Waals surface area contributed by atoms with Gasteiger partial charge in [-0.2, -0.15) is 0 Å². The first-order valence-corrected chi connectivity index (χ1v) is 13.9. The Kier molecular flexibility index (Phi) is 27.2. The van der Waals surface area contributed by atoms with Gasteiger partial charge in [0.25, 0.3) is 0 Å². The van der Waals surface area contributed by atoms with Gasteiger partial charge in [0.05, 0.1) is 12.5 Å². The summed E-state index contributed by atoms with van der Waals surface area (Å²) in [6, 6.07) is 0. The van der Waals surface area contributed by atoms with Crippen LogP contribution in [-0.2, 0) is 9.53 Å². The van der Waals surface area contributed by atoms with E-state index in [-0.39, 0.29) is 28.9 Å². The smallest absolute Gasteiger partial charge is 0.308 e. The van der Waals surface area contributed by atoms with Crippen LogP contribution >= 0.6 is 17.0 Å². The number of hydrogen-bond acceptors (Lipinski definition) is 3. The highest BCUT2D eigenvalue weighted by Gasteiger charge is 2.18. The molecule has 0 fully saturated rings. The van der Waals surface area contributed by atoms with E-state index >= 15 is 0 Å². The molecule has 3 nitrogen and oxygen atoms in total. The fourth-order valence-corrected chi connectivity index (χ4v) is 4.50. The average molecular weight is 521 g/mol. The van der Waals surface area contributed by atoms with E-state index in [0.29, 0.717) is 12.5 Å². The fraction of sp³-hybridized carbons (Fsp3) is 0.964. The largest absolute Gasteiger partial charge is 0.465 e. The molecule has 0 radical (unpaired) electrons. The molecule has 0 rings (SSSR count). The van der Waals surface area contributed by atoms with E-state index < -0.39 is 0 Å². The lowest BCUT2D eigenvalue weighted by atomic mass is 9.96. The molecule has 0 amide bonds. The maximum Gasteiger partial charge on any atom is 0.308 e. The van der Waals surface area contributed by atoms with Crippen molar-refractivity contribution in [1.82, 2.24) is 4.90 Å². The topological polar surface area (TPSA) is 29.5 Å². The standard InChI is InChI=1S/C28H57NO2.BrH/c1-6-9-11-12-13-14-15-16-17-18-19-20-21-26(25-29(4)5)23-24-31-28(30)27(8-3)22-10-7-2;/h26-27H,6-25H2,1-5H3;1H. The lowest BCUT2D eigenvalue weighted by Gasteiger charge is -2.21. The van der Waals surface area contributed by atoms with Gasteiger partial charge < -0.3 is 9.64 Å². The lowest BCUT2D eigenvalue weighted by Crippen LogP contribution is -2.24. The first-order chi connectivity index (χ1) is 15.0. The van der Waals surface area contributed by atoms with Crippen LogP contribution in [0, 0.1) is 11.8 Å². The van der Waals surface area contributed by atoms with E-state index in [2.05, 4.69) is 39.8 Å². The second kappa shape index (κ2) is 25.5. The normalized spacial score (nSPS) is 13.1. The second-order valence-electron chi connectivity index (χ2n) is 10.0. The molecule has 0 aliphatic rings. The zero-order chi connectivity index (χ0) is 23.2. The minimum Gasteiger partial charge on any atom is -0.465 e. The minimum atomic E-state index is 0. The summed E-state index contributed by atoms with van der Waals surface area (Å²) >= 11 is 0. The second-order valence-corrected chi connectivity index (χ2v) is 10.0. The van der Waals surface area contributed by atoms with Crippen LogP contribution < -0.4 is 0 Å². The summed E-state index contributed by atoms with van der Waals surface area (Å²) < 4.78 is 5.66. The van der Waals surface area contributed by atoms with E-state index in [4.69, 9.17) is 4.74 Å². The van der Waals surface area contributed by atoms with Crippen LogP contribution in [0.5, 0.6) is 0 Å². The third-order valence-corrected chi connectivity index (χ3v) is 6.59. The van der Waals surface area contributed by atoms with Gasteiger partial charge in [-0.05, 0) is 45.7 Å². The lowest BCUT2D eigenvalue weighted by molar-refractivity contribution is -0.149. The van der Waals surface area contributed by atoms with Gasteiger partial charge in [0.15, 0.2) is 0 Å². The first kappa shape index (κ1) is 34.1. The molecular weight excluding hydrogens is 462 g/mol. The van der Waals surface area contributed by atoms with Crippen molar-refractivity contribution in [3.05, 3.63) is 0 Å². The zero-order valence-corrected chi connectivity index (χ0v) is 24.2. The number of halogens is 1. The summed E-state index contributed by atoms with van der Waals surface area (Å²) in [5.74, 6) is 0.773. The molecule has 0 aromatic heterocycles. The highest BCUT2D eigenvalue weighted by atomic mass is 79.9. The molecule has 0 aromatic rings. The maximum atomic E-state index is 12.3. The highest BCUT2D eigenvalue weighted by molar-refractivity contribution is 8.93. The summed E-state index contributed by atoms with van der Waals surface area (Å²) in [6.45, 7) is 8.26. The van der Waals surface area contributed by atoms with Crippen LogP contribution in [0.1, 0.15) is 136 Å². The van der Waals surface area contributed by atoms with Gasteiger partial charge in [0.2, 0.25) is 0 Å². The number of unbranched alkanes of at least 4 members (excludes halogenated alkanes) is 12. The Morgan fingerprint density at radius 1 is 0.688 bits per heavy atom. The van der Waals surface area contributed by atoms with Crippen LogP contribution in [0.4, 0.5) is 0 Å². The molecule has 0 saturated heterocycles. The van der Waals surface area contributed by atoms with Crippen molar-refractivity contribution in [3.63, 3.8) is 0 Å². The van der Waals surface area contributed by atoms with Crippen LogP contribution in [0.2, 0.25) is 0 Å². The number of carbonyl (C=O) groups is 1. The van der Waals surface area contributed by atoms with Gasteiger partial charge in [-0.15, -0.1) is 17.0 Å². The quantitative estimate of drug-likeness (QED) is 0.0994. The first-order valence-electron chi connectivity index (χ1n) is 13.9. The zero-order valence-electron chi connectivity index (χ0n) is 22.5. The van der Waals surface area contributed by atoms with Crippen LogP contribution in [0.3, 0.4) is 0 Å². The van der Waals surface area contributed by atoms with Crippen LogP contribution in [0.15, 0.2) is 0 Å². The molecule has 0 spiro atoms. The van der Waals surface area contributed by atoms with E-state index in [9.17, 15) is 4.79 Å². The fourth-order valence-electron chi connectivity index (χ4n) is 4.50. The number of rotatable bonds is 23. The van der Waals surface area contributed by atoms with Crippen molar-refractivity contribution in [2.24, 2.45) is 11.8 Å². The van der Waals surface area contributed by atoms with Gasteiger partial charge in [0.1, 0.15) is 0 Å². The Balaban J connectivity index is 0.